The zero-order valence-electron chi connectivity index (χ0n) is 16.3. The number of cyclic esters (lactones) is 2. The van der Waals surface area contributed by atoms with E-state index in [0.29, 0.717) is 0 Å². The molecule has 1 fully saturated rings. The number of hydrogen-bond acceptors (Lipinski definition) is 3. The fourth-order valence-corrected chi connectivity index (χ4v) is 4.00. The van der Waals surface area contributed by atoms with Crippen molar-refractivity contribution in [2.75, 3.05) is 0 Å². The van der Waals surface area contributed by atoms with Crippen molar-refractivity contribution >= 4 is 21.2 Å². The summed E-state index contributed by atoms with van der Waals surface area (Å²) < 4.78 is 4.66. The highest BCUT2D eigenvalue weighted by molar-refractivity contribution is 7.19. The molecule has 0 aromatic carbocycles. The molecule has 0 N–H and O–H groups in total. The highest BCUT2D eigenvalue weighted by Crippen LogP contribution is 2.28. The summed E-state index contributed by atoms with van der Waals surface area (Å²) in [6.07, 6.45) is 20.9. The summed E-state index contributed by atoms with van der Waals surface area (Å²) in [5.41, 5.74) is -0.320. The molecule has 3 unspecified atom stereocenters. The van der Waals surface area contributed by atoms with Gasteiger partial charge in [0.2, 0.25) is 0 Å². The Hall–Kier alpha value is -0.430. The van der Waals surface area contributed by atoms with Gasteiger partial charge in [0.1, 0.15) is 0 Å². The van der Waals surface area contributed by atoms with E-state index in [1.165, 1.54) is 83.5 Å². The van der Waals surface area contributed by atoms with Crippen molar-refractivity contribution in [3.8, 4) is 0 Å². The van der Waals surface area contributed by atoms with E-state index in [9.17, 15) is 9.59 Å². The van der Waals surface area contributed by atoms with Gasteiger partial charge in [-0.05, 0) is 6.42 Å². The molecule has 0 saturated carbocycles. The van der Waals surface area contributed by atoms with Gasteiger partial charge >= 0.3 is 11.9 Å². The van der Waals surface area contributed by atoms with Crippen LogP contribution in [-0.2, 0) is 14.3 Å². The standard InChI is InChI=1S/C21H39O3P/c1-2-3-4-5-6-7-8-9-10-11-12-13-14-15-16-17-18-19(25)21(23)24-20(18)22/h18-19H,2-17,25H2,1H3. The Kier molecular flexibility index (Phi) is 13.3. The zero-order valence-corrected chi connectivity index (χ0v) is 17.4. The molecule has 1 rings (SSSR count). The monoisotopic (exact) mass is 370 g/mol. The van der Waals surface area contributed by atoms with Crippen molar-refractivity contribution in [3.05, 3.63) is 0 Å². The van der Waals surface area contributed by atoms with Crippen LogP contribution in [0.3, 0.4) is 0 Å². The fourth-order valence-electron chi connectivity index (χ4n) is 3.59. The molecule has 1 aliphatic rings. The largest absolute Gasteiger partial charge is 0.392 e. The highest BCUT2D eigenvalue weighted by atomic mass is 31.0. The summed E-state index contributed by atoms with van der Waals surface area (Å²) in [6.45, 7) is 2.27. The van der Waals surface area contributed by atoms with Gasteiger partial charge in [0, 0.05) is 0 Å². The second-order valence-electron chi connectivity index (χ2n) is 7.61. The first-order chi connectivity index (χ1) is 12.2. The van der Waals surface area contributed by atoms with Gasteiger partial charge in [0.25, 0.3) is 0 Å². The summed E-state index contributed by atoms with van der Waals surface area (Å²) >= 11 is 0. The van der Waals surface area contributed by atoms with Crippen LogP contribution in [0.2, 0.25) is 0 Å². The lowest BCUT2D eigenvalue weighted by molar-refractivity contribution is -0.153. The van der Waals surface area contributed by atoms with Crippen LogP contribution in [0.1, 0.15) is 110 Å². The molecule has 0 aliphatic carbocycles. The smallest absolute Gasteiger partial charge is 0.321 e. The van der Waals surface area contributed by atoms with Crippen molar-refractivity contribution in [1.29, 1.82) is 0 Å². The third-order valence-corrected chi connectivity index (χ3v) is 6.07. The Bertz CT molecular complexity index is 370. The number of carbonyl (C=O) groups excluding carboxylic acids is 2. The van der Waals surface area contributed by atoms with Crippen molar-refractivity contribution in [1.82, 2.24) is 0 Å². The van der Waals surface area contributed by atoms with Crippen LogP contribution >= 0.6 is 9.24 Å². The van der Waals surface area contributed by atoms with Gasteiger partial charge < -0.3 is 4.74 Å². The minimum absolute atomic E-state index is 0.223. The van der Waals surface area contributed by atoms with Crippen LogP contribution in [0.5, 0.6) is 0 Å². The normalized spacial score (nSPS) is 20.2. The third-order valence-electron chi connectivity index (χ3n) is 5.33. The quantitative estimate of drug-likeness (QED) is 0.141. The molecule has 0 aromatic rings. The molecule has 146 valence electrons. The Labute approximate surface area is 157 Å². The van der Waals surface area contributed by atoms with E-state index in [0.717, 1.165) is 19.3 Å². The Morgan fingerprint density at radius 1 is 0.680 bits per heavy atom. The molecule has 1 heterocycles. The predicted octanol–water partition coefficient (Wildman–Crippen LogP) is 6.19. The number of hydrogen-bond donors (Lipinski definition) is 0. The summed E-state index contributed by atoms with van der Waals surface area (Å²) in [7, 11) is 2.45. The van der Waals surface area contributed by atoms with E-state index in [1.807, 2.05) is 0 Å². The highest BCUT2D eigenvalue weighted by Gasteiger charge is 2.40. The number of rotatable bonds is 16. The van der Waals surface area contributed by atoms with Crippen LogP contribution in [-0.4, -0.2) is 17.6 Å². The lowest BCUT2D eigenvalue weighted by Crippen LogP contribution is -2.17. The van der Waals surface area contributed by atoms with Gasteiger partial charge in [-0.3, -0.25) is 9.59 Å². The van der Waals surface area contributed by atoms with Crippen LogP contribution in [0.15, 0.2) is 0 Å². The van der Waals surface area contributed by atoms with Crippen LogP contribution in [0.4, 0.5) is 0 Å². The van der Waals surface area contributed by atoms with Gasteiger partial charge in [-0.15, -0.1) is 9.24 Å². The van der Waals surface area contributed by atoms with Gasteiger partial charge in [0.05, 0.1) is 11.6 Å². The second kappa shape index (κ2) is 14.7. The van der Waals surface area contributed by atoms with Crippen LogP contribution in [0, 0.1) is 5.92 Å². The molecule has 0 spiro atoms. The molecule has 1 aliphatic heterocycles. The van der Waals surface area contributed by atoms with Gasteiger partial charge in [-0.25, -0.2) is 0 Å². The molecule has 0 bridgehead atoms. The van der Waals surface area contributed by atoms with Gasteiger partial charge in [0.15, 0.2) is 0 Å². The molecule has 4 heteroatoms. The minimum atomic E-state index is -0.374. The average molecular weight is 371 g/mol. The van der Waals surface area contributed by atoms with Gasteiger partial charge in [-0.2, -0.15) is 0 Å². The van der Waals surface area contributed by atoms with Crippen molar-refractivity contribution in [2.45, 2.75) is 115 Å². The number of ether oxygens (including phenoxy) is 1. The third kappa shape index (κ3) is 10.3. The first-order valence-corrected chi connectivity index (χ1v) is 11.3. The second-order valence-corrected chi connectivity index (χ2v) is 8.33. The Morgan fingerprint density at radius 2 is 1.08 bits per heavy atom. The average Bonchev–Trinajstić information content (AvgIpc) is 2.84. The first kappa shape index (κ1) is 22.6. The summed E-state index contributed by atoms with van der Waals surface area (Å²) in [5.74, 6) is -0.921. The molecule has 0 radical (unpaired) electrons. The topological polar surface area (TPSA) is 43.4 Å². The van der Waals surface area contributed by atoms with Crippen molar-refractivity contribution in [3.63, 3.8) is 0 Å². The summed E-state index contributed by atoms with van der Waals surface area (Å²) in [6, 6.07) is 0. The maximum absolute atomic E-state index is 11.5. The molecular formula is C21H39O3P. The number of unbranched alkanes of at least 4 members (excludes halogenated alkanes) is 14. The predicted molar refractivity (Wildman–Crippen MR) is 108 cm³/mol. The van der Waals surface area contributed by atoms with E-state index < -0.39 is 0 Å². The molecule has 1 saturated heterocycles. The molecule has 3 nitrogen and oxygen atoms in total. The summed E-state index contributed by atoms with van der Waals surface area (Å²) in [5, 5.41) is 0. The maximum Gasteiger partial charge on any atom is 0.321 e. The molecular weight excluding hydrogens is 331 g/mol. The summed E-state index contributed by atoms with van der Waals surface area (Å²) in [4.78, 5) is 22.8. The number of esters is 2. The van der Waals surface area contributed by atoms with Gasteiger partial charge in [-0.1, -0.05) is 103 Å². The molecule has 3 atom stereocenters. The van der Waals surface area contributed by atoms with Crippen LogP contribution < -0.4 is 0 Å². The SMILES string of the molecule is CCCCCCCCCCCCCCCCCC1C(=O)OC(=O)C1P. The van der Waals surface area contributed by atoms with Crippen molar-refractivity contribution < 1.29 is 14.3 Å². The maximum atomic E-state index is 11.5. The fraction of sp³-hybridized carbons (Fsp3) is 0.905. The number of carbonyl (C=O) groups is 2. The van der Waals surface area contributed by atoms with E-state index in [-0.39, 0.29) is 23.5 Å². The molecule has 0 aromatic heterocycles. The Morgan fingerprint density at radius 3 is 1.44 bits per heavy atom. The van der Waals surface area contributed by atoms with Crippen molar-refractivity contribution in [2.24, 2.45) is 5.92 Å². The van der Waals surface area contributed by atoms with E-state index in [2.05, 4.69) is 20.9 Å². The van der Waals surface area contributed by atoms with E-state index in [4.69, 9.17) is 0 Å². The molecule has 0 amide bonds. The molecule has 25 heavy (non-hydrogen) atoms. The minimum Gasteiger partial charge on any atom is -0.392 e. The zero-order chi connectivity index (χ0) is 18.3. The Balaban J connectivity index is 1.79. The van der Waals surface area contributed by atoms with E-state index >= 15 is 0 Å². The lowest BCUT2D eigenvalue weighted by atomic mass is 9.98. The first-order valence-electron chi connectivity index (χ1n) is 10.7. The van der Waals surface area contributed by atoms with Crippen LogP contribution in [0.25, 0.3) is 0 Å². The van der Waals surface area contributed by atoms with E-state index in [1.54, 1.807) is 0 Å². The lowest BCUT2D eigenvalue weighted by Gasteiger charge is -2.08.